The van der Waals surface area contributed by atoms with Crippen molar-refractivity contribution in [2.75, 3.05) is 4.90 Å². The van der Waals surface area contributed by atoms with Crippen LogP contribution in [-0.2, 0) is 0 Å². The zero-order chi connectivity index (χ0) is 13.0. The van der Waals surface area contributed by atoms with Gasteiger partial charge in [0.05, 0.1) is 0 Å². The zero-order valence-corrected chi connectivity index (χ0v) is 11.7. The Hall–Kier alpha value is -1.29. The number of pyridine rings is 1. The first-order valence-corrected chi connectivity index (χ1v) is 7.39. The predicted molar refractivity (Wildman–Crippen MR) is 75.9 cm³/mol. The summed E-state index contributed by atoms with van der Waals surface area (Å²) in [6, 6.07) is 5.43. The van der Waals surface area contributed by atoms with Crippen LogP contribution in [0.3, 0.4) is 0 Å². The zero-order valence-electron chi connectivity index (χ0n) is 11.0. The summed E-state index contributed by atoms with van der Waals surface area (Å²) in [6.07, 6.45) is 6.30. The minimum atomic E-state index is 0.338. The molecular weight excluding hydrogens is 260 g/mol. The van der Waals surface area contributed by atoms with Gasteiger partial charge in [-0.25, -0.2) is 4.98 Å². The highest BCUT2D eigenvalue weighted by Gasteiger charge is 2.41. The van der Waals surface area contributed by atoms with E-state index in [1.54, 1.807) is 6.33 Å². The van der Waals surface area contributed by atoms with Crippen LogP contribution in [0.4, 0.5) is 5.82 Å². The lowest BCUT2D eigenvalue weighted by atomic mass is 10.0. The van der Waals surface area contributed by atoms with E-state index in [1.807, 2.05) is 4.52 Å². The average molecular weight is 277 g/mol. The molecule has 4 rings (SSSR count). The maximum Gasteiger partial charge on any atom is 0.157 e. The molecule has 2 fully saturated rings. The van der Waals surface area contributed by atoms with Crippen LogP contribution in [0, 0.1) is 6.92 Å². The van der Waals surface area contributed by atoms with Crippen molar-refractivity contribution in [1.29, 1.82) is 0 Å². The number of halogens is 1. The molecule has 0 spiro atoms. The van der Waals surface area contributed by atoms with E-state index >= 15 is 0 Å². The molecule has 0 radical (unpaired) electrons. The van der Waals surface area contributed by atoms with Gasteiger partial charge in [-0.15, -0.1) is 11.6 Å². The van der Waals surface area contributed by atoms with Crippen LogP contribution >= 0.6 is 11.6 Å². The van der Waals surface area contributed by atoms with Gasteiger partial charge >= 0.3 is 0 Å². The maximum absolute atomic E-state index is 6.37. The number of aryl methyl sites for hydroxylation is 1. The molecule has 19 heavy (non-hydrogen) atoms. The van der Waals surface area contributed by atoms with Crippen LogP contribution in [0.1, 0.15) is 31.2 Å². The smallest absolute Gasteiger partial charge is 0.157 e. The van der Waals surface area contributed by atoms with Crippen molar-refractivity contribution < 1.29 is 0 Å². The molecule has 0 amide bonds. The van der Waals surface area contributed by atoms with Crippen molar-refractivity contribution in [2.24, 2.45) is 0 Å². The van der Waals surface area contributed by atoms with Gasteiger partial charge in [-0.05, 0) is 50.3 Å². The third-order valence-electron chi connectivity index (χ3n) is 4.44. The molecule has 2 aromatic rings. The summed E-state index contributed by atoms with van der Waals surface area (Å²) in [6.45, 7) is 2.12. The van der Waals surface area contributed by atoms with Gasteiger partial charge in [-0.3, -0.25) is 0 Å². The summed E-state index contributed by atoms with van der Waals surface area (Å²) in [5, 5.41) is 4.72. The summed E-state index contributed by atoms with van der Waals surface area (Å²) in [5.41, 5.74) is 2.17. The van der Waals surface area contributed by atoms with Crippen molar-refractivity contribution in [2.45, 2.75) is 50.1 Å². The first-order valence-electron chi connectivity index (χ1n) is 6.95. The van der Waals surface area contributed by atoms with Gasteiger partial charge in [-0.2, -0.15) is 9.61 Å². The molecule has 2 aliphatic heterocycles. The second-order valence-electron chi connectivity index (χ2n) is 5.78. The number of rotatable bonds is 1. The summed E-state index contributed by atoms with van der Waals surface area (Å²) < 4.78 is 1.97. The van der Waals surface area contributed by atoms with Crippen molar-refractivity contribution in [3.8, 4) is 0 Å². The molecule has 0 aliphatic carbocycles. The fraction of sp³-hybridized carbons (Fsp3) is 0.571. The standard InChI is InChI=1S/C14H17ClN4/c1-9-4-13-16-8-17-19(13)14(5-9)18-11-2-3-12(18)7-10(15)6-11/h4-5,8,10-12H,2-3,6-7H2,1H3. The minimum Gasteiger partial charge on any atom is -0.350 e. The lowest BCUT2D eigenvalue weighted by Gasteiger charge is -2.38. The van der Waals surface area contributed by atoms with Crippen LogP contribution in [-0.4, -0.2) is 32.1 Å². The maximum atomic E-state index is 6.37. The summed E-state index contributed by atoms with van der Waals surface area (Å²) in [5.74, 6) is 1.18. The highest BCUT2D eigenvalue weighted by atomic mass is 35.5. The Labute approximate surface area is 117 Å². The Morgan fingerprint density at radius 2 is 1.95 bits per heavy atom. The topological polar surface area (TPSA) is 33.4 Å². The molecule has 4 nitrogen and oxygen atoms in total. The predicted octanol–water partition coefficient (Wildman–Crippen LogP) is 2.78. The fourth-order valence-corrected chi connectivity index (χ4v) is 4.12. The van der Waals surface area contributed by atoms with Gasteiger partial charge < -0.3 is 4.90 Å². The number of alkyl halides is 1. The van der Waals surface area contributed by atoms with Gasteiger partial charge in [0.25, 0.3) is 0 Å². The Balaban J connectivity index is 1.84. The molecule has 2 aliphatic rings. The van der Waals surface area contributed by atoms with Crippen molar-refractivity contribution in [3.63, 3.8) is 0 Å². The molecule has 100 valence electrons. The van der Waals surface area contributed by atoms with Crippen LogP contribution < -0.4 is 4.90 Å². The number of piperidine rings is 1. The van der Waals surface area contributed by atoms with E-state index in [0.717, 1.165) is 18.5 Å². The second-order valence-corrected chi connectivity index (χ2v) is 6.40. The largest absolute Gasteiger partial charge is 0.350 e. The minimum absolute atomic E-state index is 0.338. The van der Waals surface area contributed by atoms with E-state index in [9.17, 15) is 0 Å². The van der Waals surface area contributed by atoms with Crippen LogP contribution in [0.15, 0.2) is 18.5 Å². The molecule has 2 atom stereocenters. The van der Waals surface area contributed by atoms with E-state index < -0.39 is 0 Å². The van der Waals surface area contributed by atoms with Gasteiger partial charge in [0.2, 0.25) is 0 Å². The average Bonchev–Trinajstić information content (AvgIpc) is 2.92. The number of nitrogens with zero attached hydrogens (tertiary/aromatic N) is 4. The Morgan fingerprint density at radius 1 is 1.21 bits per heavy atom. The lowest BCUT2D eigenvalue weighted by Crippen LogP contribution is -2.44. The van der Waals surface area contributed by atoms with Crippen molar-refractivity contribution >= 4 is 23.1 Å². The van der Waals surface area contributed by atoms with Crippen molar-refractivity contribution in [3.05, 3.63) is 24.0 Å². The molecule has 0 saturated carbocycles. The van der Waals surface area contributed by atoms with Gasteiger partial charge in [-0.1, -0.05) is 0 Å². The monoisotopic (exact) mass is 276 g/mol. The molecule has 2 bridgehead atoms. The highest BCUT2D eigenvalue weighted by Crippen LogP contribution is 2.40. The number of anilines is 1. The van der Waals surface area contributed by atoms with Gasteiger partial charge in [0.15, 0.2) is 5.65 Å². The second kappa shape index (κ2) is 4.10. The number of hydrogen-bond acceptors (Lipinski definition) is 3. The number of fused-ring (bicyclic) bond motifs is 3. The summed E-state index contributed by atoms with van der Waals surface area (Å²) in [4.78, 5) is 6.85. The van der Waals surface area contributed by atoms with E-state index in [4.69, 9.17) is 11.6 Å². The van der Waals surface area contributed by atoms with E-state index in [0.29, 0.717) is 17.5 Å². The Bertz CT molecular complexity index is 609. The Kier molecular flexibility index (Phi) is 2.49. The normalized spacial score (nSPS) is 30.2. The fourth-order valence-electron chi connectivity index (χ4n) is 3.70. The summed E-state index contributed by atoms with van der Waals surface area (Å²) >= 11 is 6.37. The van der Waals surface area contributed by atoms with Crippen LogP contribution in [0.5, 0.6) is 0 Å². The SMILES string of the molecule is Cc1cc(N2C3CCC2CC(Cl)C3)n2ncnc2c1. The van der Waals surface area contributed by atoms with E-state index in [1.165, 1.54) is 24.2 Å². The highest BCUT2D eigenvalue weighted by molar-refractivity contribution is 6.20. The molecule has 2 aromatic heterocycles. The van der Waals surface area contributed by atoms with Gasteiger partial charge in [0.1, 0.15) is 12.1 Å². The number of hydrogen-bond donors (Lipinski definition) is 0. The third-order valence-corrected chi connectivity index (χ3v) is 4.80. The first kappa shape index (κ1) is 11.5. The summed E-state index contributed by atoms with van der Waals surface area (Å²) in [7, 11) is 0. The first-order chi connectivity index (χ1) is 9.22. The van der Waals surface area contributed by atoms with Crippen molar-refractivity contribution in [1.82, 2.24) is 14.6 Å². The molecular formula is C14H17ClN4. The molecule has 2 saturated heterocycles. The molecule has 4 heterocycles. The Morgan fingerprint density at radius 3 is 2.68 bits per heavy atom. The number of aromatic nitrogens is 3. The molecule has 2 unspecified atom stereocenters. The van der Waals surface area contributed by atoms with Gasteiger partial charge in [0, 0.05) is 17.5 Å². The molecule has 0 N–H and O–H groups in total. The quantitative estimate of drug-likeness (QED) is 0.751. The molecule has 0 aromatic carbocycles. The van der Waals surface area contributed by atoms with E-state index in [-0.39, 0.29) is 0 Å². The molecule has 5 heteroatoms. The van der Waals surface area contributed by atoms with Crippen LogP contribution in [0.25, 0.3) is 5.65 Å². The third kappa shape index (κ3) is 1.73. The van der Waals surface area contributed by atoms with Crippen LogP contribution in [0.2, 0.25) is 0 Å². The van der Waals surface area contributed by atoms with E-state index in [2.05, 4.69) is 34.0 Å². The lowest BCUT2D eigenvalue weighted by molar-refractivity contribution is 0.467.